The molecule has 1 aromatic rings. The number of nitrogens with zero attached hydrogens (tertiary/aromatic N) is 1. The molecule has 1 amide bonds. The van der Waals surface area contributed by atoms with Crippen molar-refractivity contribution in [2.75, 3.05) is 0 Å². The van der Waals surface area contributed by atoms with E-state index < -0.39 is 17.4 Å². The lowest BCUT2D eigenvalue weighted by molar-refractivity contribution is -0.112. The molecule has 1 aliphatic heterocycles. The third-order valence-electron chi connectivity index (χ3n) is 4.11. The molecule has 0 aliphatic carbocycles. The second-order valence-corrected chi connectivity index (χ2v) is 8.11. The van der Waals surface area contributed by atoms with Gasteiger partial charge in [0.15, 0.2) is 5.78 Å². The van der Waals surface area contributed by atoms with Gasteiger partial charge in [-0.05, 0) is 59.6 Å². The third-order valence-corrected chi connectivity index (χ3v) is 4.11. The molecule has 1 heterocycles. The van der Waals surface area contributed by atoms with Gasteiger partial charge < -0.3 is 9.47 Å². The van der Waals surface area contributed by atoms with Crippen molar-refractivity contribution in [1.29, 1.82) is 0 Å². The summed E-state index contributed by atoms with van der Waals surface area (Å²) < 4.78 is 11.7. The zero-order valence-electron chi connectivity index (χ0n) is 16.5. The van der Waals surface area contributed by atoms with E-state index >= 15 is 0 Å². The first-order valence-corrected chi connectivity index (χ1v) is 8.92. The molecule has 0 unspecified atom stereocenters. The number of rotatable bonds is 4. The number of carbonyl (C=O) groups excluding carboxylic acids is 2. The molecule has 1 aliphatic rings. The molecule has 2 atom stereocenters. The highest BCUT2D eigenvalue weighted by atomic mass is 16.6. The third kappa shape index (κ3) is 5.18. The number of ketones is 1. The van der Waals surface area contributed by atoms with Crippen LogP contribution in [0.5, 0.6) is 0 Å². The van der Waals surface area contributed by atoms with E-state index in [0.29, 0.717) is 6.42 Å². The van der Waals surface area contributed by atoms with Crippen molar-refractivity contribution < 1.29 is 19.1 Å². The first-order valence-electron chi connectivity index (χ1n) is 8.92. The Morgan fingerprint density at radius 1 is 1.23 bits per heavy atom. The Balaban J connectivity index is 2.36. The smallest absolute Gasteiger partial charge is 0.412 e. The number of ether oxygens (including phenoxy) is 2. The van der Waals surface area contributed by atoms with Crippen molar-refractivity contribution in [1.82, 2.24) is 4.90 Å². The molecule has 5 heteroatoms. The number of hydrogen-bond acceptors (Lipinski definition) is 4. The maximum Gasteiger partial charge on any atom is 0.412 e. The Bertz CT molecular complexity index is 673. The van der Waals surface area contributed by atoms with E-state index in [0.717, 1.165) is 5.56 Å². The zero-order chi connectivity index (χ0) is 19.5. The molecule has 0 saturated carbocycles. The standard InChI is InChI=1S/C21H29NO4/c1-15(23)12-13-18-17(14-16-10-8-7-9-11-16)22(21(5,6)25-18)19(24)26-20(2,3)4/h7-13,17-18H,14H2,1-6H3/t17-,18+/m0/s1. The van der Waals surface area contributed by atoms with Gasteiger partial charge in [0.1, 0.15) is 11.3 Å². The van der Waals surface area contributed by atoms with Crippen LogP contribution in [0, 0.1) is 0 Å². The van der Waals surface area contributed by atoms with Crippen LogP contribution in [0.1, 0.15) is 47.1 Å². The monoisotopic (exact) mass is 359 g/mol. The molecule has 1 saturated heterocycles. The van der Waals surface area contributed by atoms with Crippen molar-refractivity contribution in [3.8, 4) is 0 Å². The number of amides is 1. The van der Waals surface area contributed by atoms with E-state index in [-0.39, 0.29) is 17.9 Å². The van der Waals surface area contributed by atoms with Crippen LogP contribution in [-0.4, -0.2) is 40.2 Å². The summed E-state index contributed by atoms with van der Waals surface area (Å²) in [4.78, 5) is 25.9. The maximum absolute atomic E-state index is 12.9. The van der Waals surface area contributed by atoms with E-state index in [1.807, 2.05) is 65.0 Å². The van der Waals surface area contributed by atoms with Crippen LogP contribution >= 0.6 is 0 Å². The molecular formula is C21H29NO4. The van der Waals surface area contributed by atoms with Gasteiger partial charge in [-0.25, -0.2) is 4.79 Å². The number of benzene rings is 1. The average molecular weight is 359 g/mol. The predicted octanol–water partition coefficient (Wildman–Crippen LogP) is 4.11. The second-order valence-electron chi connectivity index (χ2n) is 8.11. The lowest BCUT2D eigenvalue weighted by Gasteiger charge is -2.35. The van der Waals surface area contributed by atoms with Crippen LogP contribution in [0.4, 0.5) is 4.79 Å². The minimum atomic E-state index is -0.840. The highest BCUT2D eigenvalue weighted by molar-refractivity contribution is 5.87. The largest absolute Gasteiger partial charge is 0.444 e. The molecule has 1 fully saturated rings. The number of carbonyl (C=O) groups is 2. The van der Waals surface area contributed by atoms with Gasteiger partial charge in [0, 0.05) is 0 Å². The SMILES string of the molecule is CC(=O)C=C[C@H]1OC(C)(C)N(C(=O)OC(C)(C)C)[C@H]1Cc1ccccc1. The summed E-state index contributed by atoms with van der Waals surface area (Å²) in [5, 5.41) is 0. The zero-order valence-corrected chi connectivity index (χ0v) is 16.5. The molecule has 142 valence electrons. The maximum atomic E-state index is 12.9. The Labute approximate surface area is 156 Å². The first kappa shape index (κ1) is 20.2. The van der Waals surface area contributed by atoms with Crippen LogP contribution < -0.4 is 0 Å². The Morgan fingerprint density at radius 2 is 1.85 bits per heavy atom. The predicted molar refractivity (Wildman–Crippen MR) is 101 cm³/mol. The van der Waals surface area contributed by atoms with Gasteiger partial charge in [0.05, 0.1) is 12.1 Å². The van der Waals surface area contributed by atoms with Gasteiger partial charge in [-0.3, -0.25) is 9.69 Å². The van der Waals surface area contributed by atoms with Gasteiger partial charge in [-0.1, -0.05) is 36.4 Å². The van der Waals surface area contributed by atoms with E-state index in [1.165, 1.54) is 13.0 Å². The van der Waals surface area contributed by atoms with E-state index in [2.05, 4.69) is 0 Å². The molecule has 0 spiro atoms. The summed E-state index contributed by atoms with van der Waals surface area (Å²) in [7, 11) is 0. The lowest BCUT2D eigenvalue weighted by atomic mass is 9.99. The Hall–Kier alpha value is -2.14. The average Bonchev–Trinajstić information content (AvgIpc) is 2.74. The molecule has 5 nitrogen and oxygen atoms in total. The summed E-state index contributed by atoms with van der Waals surface area (Å²) in [5.41, 5.74) is -0.348. The Morgan fingerprint density at radius 3 is 2.38 bits per heavy atom. The van der Waals surface area contributed by atoms with E-state index in [4.69, 9.17) is 9.47 Å². The van der Waals surface area contributed by atoms with E-state index in [1.54, 1.807) is 11.0 Å². The van der Waals surface area contributed by atoms with Gasteiger partial charge in [0.25, 0.3) is 0 Å². The van der Waals surface area contributed by atoms with Crippen molar-refractivity contribution in [3.05, 3.63) is 48.0 Å². The summed E-state index contributed by atoms with van der Waals surface area (Å²) in [6.45, 7) is 10.7. The highest BCUT2D eigenvalue weighted by Gasteiger charge is 2.50. The van der Waals surface area contributed by atoms with E-state index in [9.17, 15) is 9.59 Å². The van der Waals surface area contributed by atoms with Crippen LogP contribution in [0.2, 0.25) is 0 Å². The number of hydrogen-bond donors (Lipinski definition) is 0. The quantitative estimate of drug-likeness (QED) is 0.759. The second kappa shape index (κ2) is 7.62. The molecule has 0 radical (unpaired) electrons. The fourth-order valence-corrected chi connectivity index (χ4v) is 3.14. The number of allylic oxidation sites excluding steroid dienone is 1. The fourth-order valence-electron chi connectivity index (χ4n) is 3.14. The Kier molecular flexibility index (Phi) is 5.91. The molecular weight excluding hydrogens is 330 g/mol. The van der Waals surface area contributed by atoms with Gasteiger partial charge in [0.2, 0.25) is 0 Å². The molecule has 2 rings (SSSR count). The van der Waals surface area contributed by atoms with Crippen molar-refractivity contribution >= 4 is 11.9 Å². The van der Waals surface area contributed by atoms with Crippen LogP contribution in [0.3, 0.4) is 0 Å². The molecule has 1 aromatic carbocycles. The fraction of sp³-hybridized carbons (Fsp3) is 0.524. The van der Waals surface area contributed by atoms with Crippen LogP contribution in [0.25, 0.3) is 0 Å². The topological polar surface area (TPSA) is 55.8 Å². The van der Waals surface area contributed by atoms with Gasteiger partial charge in [-0.2, -0.15) is 0 Å². The van der Waals surface area contributed by atoms with Crippen molar-refractivity contribution in [3.63, 3.8) is 0 Å². The first-order chi connectivity index (χ1) is 12.0. The van der Waals surface area contributed by atoms with Crippen LogP contribution in [0.15, 0.2) is 42.5 Å². The molecule has 0 bridgehead atoms. The van der Waals surface area contributed by atoms with Gasteiger partial charge in [-0.15, -0.1) is 0 Å². The molecule has 0 N–H and O–H groups in total. The summed E-state index contributed by atoms with van der Waals surface area (Å²) in [6, 6.07) is 9.66. The normalized spacial score (nSPS) is 22.6. The minimum Gasteiger partial charge on any atom is -0.444 e. The minimum absolute atomic E-state index is 0.0550. The molecule has 26 heavy (non-hydrogen) atoms. The van der Waals surface area contributed by atoms with Crippen molar-refractivity contribution in [2.24, 2.45) is 0 Å². The summed E-state index contributed by atoms with van der Waals surface area (Å²) >= 11 is 0. The van der Waals surface area contributed by atoms with Crippen molar-refractivity contribution in [2.45, 2.75) is 71.4 Å². The van der Waals surface area contributed by atoms with Gasteiger partial charge >= 0.3 is 6.09 Å². The summed E-state index contributed by atoms with van der Waals surface area (Å²) in [5.74, 6) is -0.0550. The molecule has 0 aromatic heterocycles. The van der Waals surface area contributed by atoms with Crippen LogP contribution in [-0.2, 0) is 20.7 Å². The lowest BCUT2D eigenvalue weighted by Crippen LogP contribution is -2.50. The highest BCUT2D eigenvalue weighted by Crippen LogP contribution is 2.36. The summed E-state index contributed by atoms with van der Waals surface area (Å²) in [6.07, 6.45) is 3.04.